The summed E-state index contributed by atoms with van der Waals surface area (Å²) in [5, 5.41) is 6.71. The molecular formula is C15H27N5. The first-order chi connectivity index (χ1) is 9.61. The first kappa shape index (κ1) is 15.0. The molecule has 0 aliphatic carbocycles. The van der Waals surface area contributed by atoms with Gasteiger partial charge in [-0.3, -0.25) is 0 Å². The first-order valence-electron chi connectivity index (χ1n) is 7.56. The van der Waals surface area contributed by atoms with E-state index in [9.17, 15) is 0 Å². The Kier molecular flexibility index (Phi) is 5.17. The average Bonchev–Trinajstić information content (AvgIpc) is 2.46. The summed E-state index contributed by atoms with van der Waals surface area (Å²) < 4.78 is 0. The van der Waals surface area contributed by atoms with E-state index in [1.54, 1.807) is 6.33 Å². The number of rotatable bonds is 5. The Morgan fingerprint density at radius 1 is 1.25 bits per heavy atom. The second-order valence-electron chi connectivity index (χ2n) is 6.02. The summed E-state index contributed by atoms with van der Waals surface area (Å²) in [5.74, 6) is 3.07. The predicted octanol–water partition coefficient (Wildman–Crippen LogP) is 2.40. The summed E-state index contributed by atoms with van der Waals surface area (Å²) in [5.41, 5.74) is 1.18. The number of hydrogen-bond acceptors (Lipinski definition) is 5. The minimum atomic E-state index is 0.402. The van der Waals surface area contributed by atoms with Crippen LogP contribution in [0.5, 0.6) is 0 Å². The molecule has 0 bridgehead atoms. The molecule has 112 valence electrons. The van der Waals surface area contributed by atoms with Crippen LogP contribution in [0.2, 0.25) is 0 Å². The number of piperidine rings is 1. The molecule has 0 unspecified atom stereocenters. The van der Waals surface area contributed by atoms with Crippen molar-refractivity contribution in [1.29, 1.82) is 0 Å². The Hall–Kier alpha value is -1.36. The van der Waals surface area contributed by atoms with Gasteiger partial charge in [0.05, 0.1) is 0 Å². The van der Waals surface area contributed by atoms with Gasteiger partial charge in [0.2, 0.25) is 0 Å². The molecule has 0 spiro atoms. The smallest absolute Gasteiger partial charge is 0.134 e. The van der Waals surface area contributed by atoms with Crippen molar-refractivity contribution >= 4 is 11.6 Å². The molecule has 2 heterocycles. The van der Waals surface area contributed by atoms with Gasteiger partial charge in [-0.05, 0) is 44.8 Å². The average molecular weight is 277 g/mol. The molecule has 1 fully saturated rings. The fraction of sp³-hybridized carbons (Fsp3) is 0.733. The maximum absolute atomic E-state index is 4.44. The summed E-state index contributed by atoms with van der Waals surface area (Å²) in [7, 11) is 4.11. The molecule has 2 N–H and O–H groups in total. The minimum absolute atomic E-state index is 0.402. The molecule has 1 saturated heterocycles. The Morgan fingerprint density at radius 2 is 1.90 bits per heavy atom. The molecule has 1 aliphatic heterocycles. The maximum atomic E-state index is 4.44. The molecule has 1 aliphatic rings. The van der Waals surface area contributed by atoms with Gasteiger partial charge in [-0.15, -0.1) is 0 Å². The molecule has 1 aromatic heterocycles. The van der Waals surface area contributed by atoms with Crippen molar-refractivity contribution < 1.29 is 0 Å². The van der Waals surface area contributed by atoms with E-state index in [0.29, 0.717) is 5.92 Å². The number of nitrogens with one attached hydrogen (secondary N) is 2. The number of hydrogen-bond donors (Lipinski definition) is 2. The Labute approximate surface area is 122 Å². The topological polar surface area (TPSA) is 53.1 Å². The molecule has 0 aromatic carbocycles. The molecule has 5 heteroatoms. The van der Waals surface area contributed by atoms with Gasteiger partial charge in [-0.1, -0.05) is 13.8 Å². The van der Waals surface area contributed by atoms with E-state index in [-0.39, 0.29) is 0 Å². The number of aromatic nitrogens is 2. The summed E-state index contributed by atoms with van der Waals surface area (Å²) in [6.07, 6.45) is 4.17. The number of likely N-dealkylation sites (tertiary alicyclic amines) is 1. The van der Waals surface area contributed by atoms with Gasteiger partial charge in [0.15, 0.2) is 0 Å². The van der Waals surface area contributed by atoms with Gasteiger partial charge in [0, 0.05) is 19.2 Å². The fourth-order valence-corrected chi connectivity index (χ4v) is 2.79. The molecule has 1 aromatic rings. The highest BCUT2D eigenvalue weighted by Crippen LogP contribution is 2.28. The summed E-state index contributed by atoms with van der Waals surface area (Å²) >= 11 is 0. The third-order valence-corrected chi connectivity index (χ3v) is 4.09. The van der Waals surface area contributed by atoms with Gasteiger partial charge < -0.3 is 15.5 Å². The van der Waals surface area contributed by atoms with E-state index in [2.05, 4.69) is 46.4 Å². The van der Waals surface area contributed by atoms with Gasteiger partial charge in [0.1, 0.15) is 18.0 Å². The van der Waals surface area contributed by atoms with Crippen LogP contribution in [0.15, 0.2) is 6.33 Å². The lowest BCUT2D eigenvalue weighted by Gasteiger charge is -2.29. The van der Waals surface area contributed by atoms with E-state index in [4.69, 9.17) is 0 Å². The van der Waals surface area contributed by atoms with Crippen LogP contribution in [-0.4, -0.2) is 48.6 Å². The quantitative estimate of drug-likeness (QED) is 0.865. The molecule has 20 heavy (non-hydrogen) atoms. The maximum Gasteiger partial charge on any atom is 0.134 e. The van der Waals surface area contributed by atoms with Crippen LogP contribution in [0.4, 0.5) is 11.6 Å². The standard InChI is InChI=1S/C15H27N5/c1-11(2)13-14(16-3)18-10-19-15(13)17-9-12-5-7-20(4)8-6-12/h10-12H,5-9H2,1-4H3,(H2,16,17,18,19). The van der Waals surface area contributed by atoms with Gasteiger partial charge in [-0.25, -0.2) is 9.97 Å². The molecular weight excluding hydrogens is 250 g/mol. The number of anilines is 2. The van der Waals surface area contributed by atoms with Gasteiger partial charge >= 0.3 is 0 Å². The second kappa shape index (κ2) is 6.88. The van der Waals surface area contributed by atoms with Crippen molar-refractivity contribution in [1.82, 2.24) is 14.9 Å². The van der Waals surface area contributed by atoms with E-state index < -0.39 is 0 Å². The molecule has 5 nitrogen and oxygen atoms in total. The highest BCUT2D eigenvalue weighted by Gasteiger charge is 2.18. The number of nitrogens with zero attached hydrogens (tertiary/aromatic N) is 3. The lowest BCUT2D eigenvalue weighted by Crippen LogP contribution is -2.33. The molecule has 0 saturated carbocycles. The lowest BCUT2D eigenvalue weighted by molar-refractivity contribution is 0.226. The highest BCUT2D eigenvalue weighted by molar-refractivity contribution is 5.58. The molecule has 0 radical (unpaired) electrons. The Bertz CT molecular complexity index is 424. The zero-order valence-electron chi connectivity index (χ0n) is 13.1. The van der Waals surface area contributed by atoms with Crippen LogP contribution in [0.1, 0.15) is 38.2 Å². The highest BCUT2D eigenvalue weighted by atomic mass is 15.1. The van der Waals surface area contributed by atoms with Crippen molar-refractivity contribution in [3.8, 4) is 0 Å². The van der Waals surface area contributed by atoms with Crippen LogP contribution in [0, 0.1) is 5.92 Å². The first-order valence-corrected chi connectivity index (χ1v) is 7.56. The van der Waals surface area contributed by atoms with Crippen molar-refractivity contribution in [3.63, 3.8) is 0 Å². The zero-order chi connectivity index (χ0) is 14.5. The summed E-state index contributed by atoms with van der Waals surface area (Å²) in [6, 6.07) is 0. The third kappa shape index (κ3) is 3.60. The van der Waals surface area contributed by atoms with Crippen molar-refractivity contribution in [2.45, 2.75) is 32.6 Å². The normalized spacial score (nSPS) is 17.4. The SMILES string of the molecule is CNc1ncnc(NCC2CCN(C)CC2)c1C(C)C. The van der Waals surface area contributed by atoms with E-state index in [1.807, 2.05) is 7.05 Å². The lowest BCUT2D eigenvalue weighted by atomic mass is 9.97. The van der Waals surface area contributed by atoms with Crippen molar-refractivity contribution in [2.24, 2.45) is 5.92 Å². The molecule has 0 atom stereocenters. The Morgan fingerprint density at radius 3 is 2.50 bits per heavy atom. The van der Waals surface area contributed by atoms with Gasteiger partial charge in [0.25, 0.3) is 0 Å². The summed E-state index contributed by atoms with van der Waals surface area (Å²) in [4.78, 5) is 11.2. The van der Waals surface area contributed by atoms with Crippen LogP contribution in [0.3, 0.4) is 0 Å². The van der Waals surface area contributed by atoms with Crippen LogP contribution >= 0.6 is 0 Å². The van der Waals surface area contributed by atoms with Crippen molar-refractivity contribution in [3.05, 3.63) is 11.9 Å². The predicted molar refractivity (Wildman–Crippen MR) is 84.4 cm³/mol. The van der Waals surface area contributed by atoms with Gasteiger partial charge in [-0.2, -0.15) is 0 Å². The van der Waals surface area contributed by atoms with E-state index in [1.165, 1.54) is 31.5 Å². The summed E-state index contributed by atoms with van der Waals surface area (Å²) in [6.45, 7) is 7.78. The Balaban J connectivity index is 2.02. The second-order valence-corrected chi connectivity index (χ2v) is 6.02. The minimum Gasteiger partial charge on any atom is -0.373 e. The van der Waals surface area contributed by atoms with E-state index in [0.717, 1.165) is 24.1 Å². The largest absolute Gasteiger partial charge is 0.373 e. The van der Waals surface area contributed by atoms with Crippen LogP contribution in [0.25, 0.3) is 0 Å². The monoisotopic (exact) mass is 277 g/mol. The van der Waals surface area contributed by atoms with Crippen molar-refractivity contribution in [2.75, 3.05) is 44.4 Å². The fourth-order valence-electron chi connectivity index (χ4n) is 2.79. The van der Waals surface area contributed by atoms with Crippen LogP contribution < -0.4 is 10.6 Å². The van der Waals surface area contributed by atoms with Crippen LogP contribution in [-0.2, 0) is 0 Å². The third-order valence-electron chi connectivity index (χ3n) is 4.09. The van der Waals surface area contributed by atoms with E-state index >= 15 is 0 Å². The zero-order valence-corrected chi connectivity index (χ0v) is 13.1. The molecule has 2 rings (SSSR count). The molecule has 0 amide bonds.